The summed E-state index contributed by atoms with van der Waals surface area (Å²) in [6.07, 6.45) is 6.16. The van der Waals surface area contributed by atoms with E-state index in [4.69, 9.17) is 16.3 Å². The molecular weight excluding hydrogens is 258 g/mol. The molecule has 0 aliphatic heterocycles. The first-order valence-corrected chi connectivity index (χ1v) is 7.75. The van der Waals surface area contributed by atoms with Crippen molar-refractivity contribution in [2.75, 3.05) is 11.9 Å². The molecule has 1 aliphatic carbocycles. The van der Waals surface area contributed by atoms with Gasteiger partial charge >= 0.3 is 0 Å². The molecule has 19 heavy (non-hydrogen) atoms. The molecule has 2 nitrogen and oxygen atoms in total. The monoisotopic (exact) mass is 281 g/mol. The van der Waals surface area contributed by atoms with Gasteiger partial charge in [-0.15, -0.1) is 0 Å². The van der Waals surface area contributed by atoms with E-state index >= 15 is 0 Å². The topological polar surface area (TPSA) is 21.3 Å². The van der Waals surface area contributed by atoms with Gasteiger partial charge in [0.2, 0.25) is 0 Å². The van der Waals surface area contributed by atoms with Crippen LogP contribution in [0.4, 0.5) is 5.69 Å². The Balaban J connectivity index is 1.92. The maximum Gasteiger partial charge on any atom is 0.138 e. The highest BCUT2D eigenvalue weighted by Crippen LogP contribution is 2.30. The standard InChI is InChI=1S/C16H24ClNO/c1-3-10-19-16-9-8-14(11-15(16)17)18-13-6-4-12(2)5-7-13/h8-9,11-13,18H,3-7,10H2,1-2H3. The second-order valence-corrected chi connectivity index (χ2v) is 6.00. The fourth-order valence-corrected chi connectivity index (χ4v) is 2.79. The van der Waals surface area contributed by atoms with E-state index in [1.165, 1.54) is 25.7 Å². The van der Waals surface area contributed by atoms with Gasteiger partial charge in [-0.1, -0.05) is 25.4 Å². The number of anilines is 1. The van der Waals surface area contributed by atoms with Crippen molar-refractivity contribution in [1.29, 1.82) is 0 Å². The Morgan fingerprint density at radius 2 is 2.00 bits per heavy atom. The van der Waals surface area contributed by atoms with Crippen molar-refractivity contribution in [3.05, 3.63) is 23.2 Å². The number of halogens is 1. The first-order valence-electron chi connectivity index (χ1n) is 7.38. The zero-order valence-electron chi connectivity index (χ0n) is 11.9. The molecule has 1 fully saturated rings. The molecule has 1 aromatic carbocycles. The van der Waals surface area contributed by atoms with Crippen LogP contribution in [0.25, 0.3) is 0 Å². The number of hydrogen-bond donors (Lipinski definition) is 1. The van der Waals surface area contributed by atoms with Crippen LogP contribution < -0.4 is 10.1 Å². The van der Waals surface area contributed by atoms with Gasteiger partial charge in [0.05, 0.1) is 11.6 Å². The van der Waals surface area contributed by atoms with Gasteiger partial charge in [-0.05, 0) is 56.2 Å². The predicted molar refractivity (Wildman–Crippen MR) is 82.3 cm³/mol. The van der Waals surface area contributed by atoms with Crippen molar-refractivity contribution < 1.29 is 4.74 Å². The quantitative estimate of drug-likeness (QED) is 0.809. The molecule has 1 N–H and O–H groups in total. The maximum atomic E-state index is 6.24. The molecule has 0 heterocycles. The summed E-state index contributed by atoms with van der Waals surface area (Å²) in [6, 6.07) is 6.60. The van der Waals surface area contributed by atoms with Crippen molar-refractivity contribution >= 4 is 17.3 Å². The van der Waals surface area contributed by atoms with Gasteiger partial charge in [0.15, 0.2) is 0 Å². The second kappa shape index (κ2) is 7.04. The fraction of sp³-hybridized carbons (Fsp3) is 0.625. The van der Waals surface area contributed by atoms with Gasteiger partial charge in [0, 0.05) is 11.7 Å². The van der Waals surface area contributed by atoms with Gasteiger partial charge in [-0.25, -0.2) is 0 Å². The Hall–Kier alpha value is -0.890. The summed E-state index contributed by atoms with van der Waals surface area (Å²) < 4.78 is 5.59. The Morgan fingerprint density at radius 1 is 1.26 bits per heavy atom. The van der Waals surface area contributed by atoms with Gasteiger partial charge < -0.3 is 10.1 Å². The summed E-state index contributed by atoms with van der Waals surface area (Å²) in [7, 11) is 0. The third kappa shape index (κ3) is 4.31. The van der Waals surface area contributed by atoms with Crippen LogP contribution in [0.15, 0.2) is 18.2 Å². The van der Waals surface area contributed by atoms with E-state index in [1.807, 2.05) is 12.1 Å². The summed E-state index contributed by atoms with van der Waals surface area (Å²) in [4.78, 5) is 0. The van der Waals surface area contributed by atoms with E-state index in [-0.39, 0.29) is 0 Å². The molecule has 0 amide bonds. The van der Waals surface area contributed by atoms with Crippen molar-refractivity contribution in [1.82, 2.24) is 0 Å². The molecule has 0 saturated heterocycles. The molecule has 3 heteroatoms. The zero-order chi connectivity index (χ0) is 13.7. The maximum absolute atomic E-state index is 6.24. The summed E-state index contributed by atoms with van der Waals surface area (Å²) in [5, 5.41) is 4.28. The average molecular weight is 282 g/mol. The molecule has 0 unspecified atom stereocenters. The van der Waals surface area contributed by atoms with Crippen LogP contribution in [0.3, 0.4) is 0 Å². The lowest BCUT2D eigenvalue weighted by molar-refractivity contribution is 0.317. The molecule has 0 radical (unpaired) electrons. The van der Waals surface area contributed by atoms with E-state index in [0.29, 0.717) is 17.7 Å². The summed E-state index contributed by atoms with van der Waals surface area (Å²) in [5.74, 6) is 1.66. The SMILES string of the molecule is CCCOc1ccc(NC2CCC(C)CC2)cc1Cl. The molecule has 0 aromatic heterocycles. The van der Waals surface area contributed by atoms with Gasteiger partial charge in [-0.3, -0.25) is 0 Å². The van der Waals surface area contributed by atoms with Gasteiger partial charge in [-0.2, -0.15) is 0 Å². The van der Waals surface area contributed by atoms with E-state index in [0.717, 1.165) is 23.8 Å². The Morgan fingerprint density at radius 3 is 2.63 bits per heavy atom. The minimum absolute atomic E-state index is 0.592. The highest BCUT2D eigenvalue weighted by Gasteiger charge is 2.18. The van der Waals surface area contributed by atoms with Crippen LogP contribution in [0.2, 0.25) is 5.02 Å². The number of ether oxygens (including phenoxy) is 1. The smallest absolute Gasteiger partial charge is 0.138 e. The highest BCUT2D eigenvalue weighted by molar-refractivity contribution is 6.32. The molecule has 0 bridgehead atoms. The molecule has 0 atom stereocenters. The molecule has 1 saturated carbocycles. The van der Waals surface area contributed by atoms with E-state index < -0.39 is 0 Å². The van der Waals surface area contributed by atoms with Crippen LogP contribution >= 0.6 is 11.6 Å². The summed E-state index contributed by atoms with van der Waals surface area (Å²) >= 11 is 6.24. The van der Waals surface area contributed by atoms with Gasteiger partial charge in [0.25, 0.3) is 0 Å². The van der Waals surface area contributed by atoms with E-state index in [9.17, 15) is 0 Å². The highest BCUT2D eigenvalue weighted by atomic mass is 35.5. The minimum atomic E-state index is 0.592. The van der Waals surface area contributed by atoms with Gasteiger partial charge in [0.1, 0.15) is 5.75 Å². The van der Waals surface area contributed by atoms with Crippen molar-refractivity contribution in [3.63, 3.8) is 0 Å². The van der Waals surface area contributed by atoms with Crippen molar-refractivity contribution in [2.24, 2.45) is 5.92 Å². The Kier molecular flexibility index (Phi) is 5.38. The largest absolute Gasteiger partial charge is 0.492 e. The summed E-state index contributed by atoms with van der Waals surface area (Å²) in [6.45, 7) is 5.15. The van der Waals surface area contributed by atoms with Crippen LogP contribution in [0, 0.1) is 5.92 Å². The third-order valence-electron chi connectivity index (χ3n) is 3.78. The Labute approximate surface area is 121 Å². The van der Waals surface area contributed by atoms with E-state index in [1.54, 1.807) is 0 Å². The number of nitrogens with one attached hydrogen (secondary N) is 1. The van der Waals surface area contributed by atoms with E-state index in [2.05, 4.69) is 25.2 Å². The molecule has 106 valence electrons. The molecular formula is C16H24ClNO. The van der Waals surface area contributed by atoms with Crippen LogP contribution in [-0.4, -0.2) is 12.6 Å². The predicted octanol–water partition coefficient (Wildman–Crippen LogP) is 5.12. The first kappa shape index (κ1) is 14.5. The summed E-state index contributed by atoms with van der Waals surface area (Å²) in [5.41, 5.74) is 1.11. The zero-order valence-corrected chi connectivity index (χ0v) is 12.7. The number of benzene rings is 1. The van der Waals surface area contributed by atoms with Crippen molar-refractivity contribution in [3.8, 4) is 5.75 Å². The number of hydrogen-bond acceptors (Lipinski definition) is 2. The van der Waals surface area contributed by atoms with Crippen LogP contribution in [-0.2, 0) is 0 Å². The van der Waals surface area contributed by atoms with Crippen LogP contribution in [0.1, 0.15) is 46.0 Å². The average Bonchev–Trinajstić information content (AvgIpc) is 2.41. The normalized spacial score (nSPS) is 23.1. The third-order valence-corrected chi connectivity index (χ3v) is 4.08. The lowest BCUT2D eigenvalue weighted by Crippen LogP contribution is -2.25. The molecule has 0 spiro atoms. The first-order chi connectivity index (χ1) is 9.19. The molecule has 1 aliphatic rings. The molecule has 2 rings (SSSR count). The number of rotatable bonds is 5. The Bertz CT molecular complexity index is 400. The molecule has 1 aromatic rings. The second-order valence-electron chi connectivity index (χ2n) is 5.59. The minimum Gasteiger partial charge on any atom is -0.492 e. The lowest BCUT2D eigenvalue weighted by Gasteiger charge is -2.27. The fourth-order valence-electron chi connectivity index (χ4n) is 2.56. The van der Waals surface area contributed by atoms with Crippen LogP contribution in [0.5, 0.6) is 5.75 Å². The lowest BCUT2D eigenvalue weighted by atomic mass is 9.87. The van der Waals surface area contributed by atoms with Crippen molar-refractivity contribution in [2.45, 2.75) is 52.0 Å².